The van der Waals surface area contributed by atoms with Crippen LogP contribution in [0.25, 0.3) is 0 Å². The van der Waals surface area contributed by atoms with Crippen molar-refractivity contribution in [2.45, 2.75) is 38.7 Å². The molecule has 0 unspecified atom stereocenters. The van der Waals surface area contributed by atoms with Crippen LogP contribution in [0.15, 0.2) is 12.1 Å². The summed E-state index contributed by atoms with van der Waals surface area (Å²) in [5.41, 5.74) is 2.26. The predicted molar refractivity (Wildman–Crippen MR) is 65.2 cm³/mol. The van der Waals surface area contributed by atoms with E-state index < -0.39 is 0 Å². The molecule has 2 nitrogen and oxygen atoms in total. The smallest absolute Gasteiger partial charge is 0.141 e. The Morgan fingerprint density at radius 1 is 1.44 bits per heavy atom. The number of ether oxygens (including phenoxy) is 1. The molecule has 0 bridgehead atoms. The zero-order chi connectivity index (χ0) is 11.5. The van der Waals surface area contributed by atoms with Crippen LogP contribution < -0.4 is 4.74 Å². The van der Waals surface area contributed by atoms with Gasteiger partial charge in [0.05, 0.1) is 11.1 Å². The van der Waals surface area contributed by atoms with E-state index in [-0.39, 0.29) is 6.61 Å². The minimum Gasteiger partial charge on any atom is -0.489 e. The van der Waals surface area contributed by atoms with E-state index in [2.05, 4.69) is 6.07 Å². The number of aliphatic hydroxyl groups is 1. The van der Waals surface area contributed by atoms with Crippen LogP contribution in [0.2, 0.25) is 5.02 Å². The zero-order valence-electron chi connectivity index (χ0n) is 9.50. The Bertz CT molecular complexity index is 372. The van der Waals surface area contributed by atoms with E-state index in [1.807, 2.05) is 13.0 Å². The fourth-order valence-electron chi connectivity index (χ4n) is 1.74. The van der Waals surface area contributed by atoms with Crippen molar-refractivity contribution < 1.29 is 9.84 Å². The van der Waals surface area contributed by atoms with E-state index in [4.69, 9.17) is 21.4 Å². The van der Waals surface area contributed by atoms with Gasteiger partial charge in [0.2, 0.25) is 0 Å². The lowest BCUT2D eigenvalue weighted by molar-refractivity contribution is 0.283. The first-order valence-corrected chi connectivity index (χ1v) is 6.15. The van der Waals surface area contributed by atoms with Crippen molar-refractivity contribution in [2.75, 3.05) is 6.61 Å². The molecule has 0 spiro atoms. The van der Waals surface area contributed by atoms with Crippen LogP contribution >= 0.6 is 11.6 Å². The van der Waals surface area contributed by atoms with Crippen LogP contribution in [0.4, 0.5) is 0 Å². The lowest BCUT2D eigenvalue weighted by Gasteiger charge is -2.13. The van der Waals surface area contributed by atoms with Gasteiger partial charge in [-0.05, 0) is 49.8 Å². The Balaban J connectivity index is 2.22. The summed E-state index contributed by atoms with van der Waals surface area (Å²) in [4.78, 5) is 0. The van der Waals surface area contributed by atoms with E-state index in [9.17, 15) is 0 Å². The molecule has 0 aromatic heterocycles. The second-order valence-electron chi connectivity index (χ2n) is 4.38. The molecule has 1 aliphatic rings. The lowest BCUT2D eigenvalue weighted by atomic mass is 10.1. The maximum absolute atomic E-state index is 8.88. The van der Waals surface area contributed by atoms with Crippen LogP contribution in [-0.2, 0) is 6.42 Å². The van der Waals surface area contributed by atoms with Gasteiger partial charge in [-0.25, -0.2) is 0 Å². The summed E-state index contributed by atoms with van der Waals surface area (Å²) >= 11 is 6.20. The topological polar surface area (TPSA) is 29.5 Å². The van der Waals surface area contributed by atoms with Crippen molar-refractivity contribution >= 4 is 11.6 Å². The molecule has 1 aromatic rings. The summed E-state index contributed by atoms with van der Waals surface area (Å²) in [6.45, 7) is 2.23. The Labute approximate surface area is 101 Å². The highest BCUT2D eigenvalue weighted by Gasteiger charge is 2.25. The molecular formula is C13H17ClO2. The fourth-order valence-corrected chi connectivity index (χ4v) is 2.08. The highest BCUT2D eigenvalue weighted by Crippen LogP contribution is 2.36. The molecular weight excluding hydrogens is 224 g/mol. The van der Waals surface area contributed by atoms with Crippen molar-refractivity contribution in [2.24, 2.45) is 0 Å². The third kappa shape index (κ3) is 2.89. The van der Waals surface area contributed by atoms with Gasteiger partial charge in [-0.1, -0.05) is 17.7 Å². The first-order valence-electron chi connectivity index (χ1n) is 5.77. The summed E-state index contributed by atoms with van der Waals surface area (Å²) < 4.78 is 5.83. The van der Waals surface area contributed by atoms with Crippen molar-refractivity contribution in [1.82, 2.24) is 0 Å². The molecule has 0 heterocycles. The molecule has 0 amide bonds. The number of hydrogen-bond acceptors (Lipinski definition) is 2. The van der Waals surface area contributed by atoms with Gasteiger partial charge in [0.15, 0.2) is 0 Å². The normalized spacial score (nSPS) is 15.2. The first kappa shape index (κ1) is 11.7. The van der Waals surface area contributed by atoms with Crippen molar-refractivity contribution in [1.29, 1.82) is 0 Å². The van der Waals surface area contributed by atoms with Gasteiger partial charge in [-0.3, -0.25) is 0 Å². The SMILES string of the molecule is Cc1cc(Cl)c(OC2CC2)c(CCCO)c1. The standard InChI is InChI=1S/C13H17ClO2/c1-9-7-10(3-2-6-15)13(12(14)8-9)16-11-4-5-11/h7-8,11,15H,2-6H2,1H3. The summed E-state index contributed by atoms with van der Waals surface area (Å²) in [5.74, 6) is 0.822. The zero-order valence-corrected chi connectivity index (χ0v) is 10.3. The second-order valence-corrected chi connectivity index (χ2v) is 4.79. The molecule has 2 rings (SSSR count). The number of aryl methyl sites for hydroxylation is 2. The van der Waals surface area contributed by atoms with E-state index >= 15 is 0 Å². The van der Waals surface area contributed by atoms with Gasteiger partial charge in [0, 0.05) is 6.61 Å². The summed E-state index contributed by atoms with van der Waals surface area (Å²) in [6.07, 6.45) is 4.18. The third-order valence-corrected chi connectivity index (χ3v) is 2.96. The van der Waals surface area contributed by atoms with Crippen LogP contribution in [0.3, 0.4) is 0 Å². The molecule has 0 atom stereocenters. The summed E-state index contributed by atoms with van der Waals surface area (Å²) in [5, 5.41) is 9.57. The molecule has 1 saturated carbocycles. The summed E-state index contributed by atoms with van der Waals surface area (Å²) in [6, 6.07) is 4.03. The number of aliphatic hydroxyl groups excluding tert-OH is 1. The molecule has 1 fully saturated rings. The predicted octanol–water partition coefficient (Wildman–Crippen LogP) is 3.11. The first-order chi connectivity index (χ1) is 7.70. The van der Waals surface area contributed by atoms with Crippen molar-refractivity contribution in [3.63, 3.8) is 0 Å². The fraction of sp³-hybridized carbons (Fsp3) is 0.538. The van der Waals surface area contributed by atoms with Gasteiger partial charge >= 0.3 is 0 Å². The molecule has 1 N–H and O–H groups in total. The minimum absolute atomic E-state index is 0.203. The van der Waals surface area contributed by atoms with Crippen LogP contribution in [-0.4, -0.2) is 17.8 Å². The Morgan fingerprint density at radius 2 is 2.19 bits per heavy atom. The van der Waals surface area contributed by atoms with Gasteiger partial charge in [0.25, 0.3) is 0 Å². The lowest BCUT2D eigenvalue weighted by Crippen LogP contribution is -2.02. The molecule has 88 valence electrons. The number of benzene rings is 1. The maximum atomic E-state index is 8.88. The average molecular weight is 241 g/mol. The number of hydrogen-bond donors (Lipinski definition) is 1. The Kier molecular flexibility index (Phi) is 3.72. The maximum Gasteiger partial charge on any atom is 0.141 e. The van der Waals surface area contributed by atoms with E-state index in [1.165, 1.54) is 0 Å². The van der Waals surface area contributed by atoms with Gasteiger partial charge in [-0.15, -0.1) is 0 Å². The molecule has 0 radical (unpaired) electrons. The molecule has 1 aromatic carbocycles. The number of halogens is 1. The van der Waals surface area contributed by atoms with Crippen molar-refractivity contribution in [3.8, 4) is 5.75 Å². The highest BCUT2D eigenvalue weighted by atomic mass is 35.5. The quantitative estimate of drug-likeness (QED) is 0.857. The largest absolute Gasteiger partial charge is 0.489 e. The summed E-state index contributed by atoms with van der Waals surface area (Å²) in [7, 11) is 0. The van der Waals surface area contributed by atoms with Crippen LogP contribution in [0.1, 0.15) is 30.4 Å². The molecule has 0 saturated heterocycles. The van der Waals surface area contributed by atoms with Gasteiger partial charge in [-0.2, -0.15) is 0 Å². The minimum atomic E-state index is 0.203. The van der Waals surface area contributed by atoms with Crippen LogP contribution in [0.5, 0.6) is 5.75 Å². The van der Waals surface area contributed by atoms with Crippen LogP contribution in [0, 0.1) is 6.92 Å². The highest BCUT2D eigenvalue weighted by molar-refractivity contribution is 6.32. The molecule has 16 heavy (non-hydrogen) atoms. The molecule has 3 heteroatoms. The second kappa shape index (κ2) is 5.07. The Hall–Kier alpha value is -0.730. The van der Waals surface area contributed by atoms with Gasteiger partial charge < -0.3 is 9.84 Å². The van der Waals surface area contributed by atoms with E-state index in [1.54, 1.807) is 0 Å². The van der Waals surface area contributed by atoms with E-state index in [0.717, 1.165) is 42.6 Å². The van der Waals surface area contributed by atoms with Gasteiger partial charge in [0.1, 0.15) is 5.75 Å². The van der Waals surface area contributed by atoms with Crippen molar-refractivity contribution in [3.05, 3.63) is 28.3 Å². The Morgan fingerprint density at radius 3 is 2.81 bits per heavy atom. The van der Waals surface area contributed by atoms with E-state index in [0.29, 0.717) is 11.1 Å². The molecule has 1 aliphatic carbocycles. The third-order valence-electron chi connectivity index (χ3n) is 2.68. The average Bonchev–Trinajstić information content (AvgIpc) is 3.03. The monoisotopic (exact) mass is 240 g/mol. The number of rotatable bonds is 5. The molecule has 0 aliphatic heterocycles.